The molecule has 0 radical (unpaired) electrons. The highest BCUT2D eigenvalue weighted by Gasteiger charge is 2.26. The maximum Gasteiger partial charge on any atom is 0.247 e. The number of amides is 1. The molecule has 0 aromatic heterocycles. The molecule has 0 fully saturated rings. The third-order valence-corrected chi connectivity index (χ3v) is 4.35. The van der Waals surface area contributed by atoms with Gasteiger partial charge in [0, 0.05) is 19.8 Å². The van der Waals surface area contributed by atoms with E-state index in [1.165, 1.54) is 39.4 Å². The summed E-state index contributed by atoms with van der Waals surface area (Å²) < 4.78 is 30.6. The van der Waals surface area contributed by atoms with E-state index in [2.05, 4.69) is 5.32 Å². The van der Waals surface area contributed by atoms with Crippen LogP contribution in [0.3, 0.4) is 0 Å². The van der Waals surface area contributed by atoms with Crippen molar-refractivity contribution < 1.29 is 17.9 Å². The van der Waals surface area contributed by atoms with Gasteiger partial charge in [-0.25, -0.2) is 8.42 Å². The van der Waals surface area contributed by atoms with E-state index in [0.29, 0.717) is 5.69 Å². The molecule has 106 valence electrons. The van der Waals surface area contributed by atoms with Crippen molar-refractivity contribution in [2.24, 2.45) is 0 Å². The molecule has 0 atom stereocenters. The third-order valence-electron chi connectivity index (χ3n) is 2.52. The number of hydrogen-bond donors (Lipinski definition) is 2. The Morgan fingerprint density at radius 3 is 2.63 bits per heavy atom. The van der Waals surface area contributed by atoms with Crippen molar-refractivity contribution >= 4 is 21.6 Å². The minimum Gasteiger partial charge on any atom is -0.495 e. The lowest BCUT2D eigenvalue weighted by molar-refractivity contribution is -0.120. The second kappa shape index (κ2) is 5.89. The molecule has 0 aliphatic rings. The lowest BCUT2D eigenvalue weighted by Gasteiger charge is -2.18. The molecule has 1 aromatic rings. The first-order valence-electron chi connectivity index (χ1n) is 5.43. The average Bonchev–Trinajstić information content (AvgIpc) is 2.38. The number of carbonyl (C=O) groups is 1. The number of sulfonamides is 1. The molecule has 0 spiro atoms. The maximum absolute atomic E-state index is 12.3. The molecule has 0 saturated heterocycles. The van der Waals surface area contributed by atoms with Crippen LogP contribution in [-0.2, 0) is 14.8 Å². The van der Waals surface area contributed by atoms with Gasteiger partial charge < -0.3 is 15.8 Å². The lowest BCUT2D eigenvalue weighted by atomic mass is 10.3. The van der Waals surface area contributed by atoms with Crippen LogP contribution < -0.4 is 15.8 Å². The van der Waals surface area contributed by atoms with Gasteiger partial charge in [-0.2, -0.15) is 4.31 Å². The molecule has 1 rings (SSSR count). The number of carbonyl (C=O) groups excluding carboxylic acids is 1. The smallest absolute Gasteiger partial charge is 0.247 e. The van der Waals surface area contributed by atoms with Crippen molar-refractivity contribution in [3.63, 3.8) is 0 Å². The Labute approximate surface area is 112 Å². The number of anilines is 1. The molecule has 1 amide bonds. The fourth-order valence-electron chi connectivity index (χ4n) is 1.43. The predicted molar refractivity (Wildman–Crippen MR) is 71.3 cm³/mol. The van der Waals surface area contributed by atoms with Gasteiger partial charge >= 0.3 is 0 Å². The van der Waals surface area contributed by atoms with Crippen molar-refractivity contribution in [1.82, 2.24) is 9.62 Å². The highest BCUT2D eigenvalue weighted by molar-refractivity contribution is 7.89. The first-order valence-corrected chi connectivity index (χ1v) is 6.87. The molecule has 0 unspecified atom stereocenters. The molecular formula is C11H17N3O4S. The number of methoxy groups -OCH3 is 1. The summed E-state index contributed by atoms with van der Waals surface area (Å²) in [6, 6.07) is 4.31. The van der Waals surface area contributed by atoms with Crippen LogP contribution in [0.4, 0.5) is 5.69 Å². The number of nitrogens with one attached hydrogen (secondary N) is 1. The molecule has 8 heteroatoms. The SMILES string of the molecule is CNC(=O)CN(C)S(=O)(=O)c1cc(N)ccc1OC. The van der Waals surface area contributed by atoms with Crippen LogP contribution in [0.25, 0.3) is 0 Å². The summed E-state index contributed by atoms with van der Waals surface area (Å²) >= 11 is 0. The molecule has 7 nitrogen and oxygen atoms in total. The second-order valence-electron chi connectivity index (χ2n) is 3.84. The minimum absolute atomic E-state index is 0.0681. The zero-order valence-corrected chi connectivity index (χ0v) is 11.8. The van der Waals surface area contributed by atoms with Crippen LogP contribution in [0.15, 0.2) is 23.1 Å². The van der Waals surface area contributed by atoms with Gasteiger partial charge in [0.2, 0.25) is 15.9 Å². The van der Waals surface area contributed by atoms with Crippen molar-refractivity contribution in [3.8, 4) is 5.75 Å². The van der Waals surface area contributed by atoms with Crippen LogP contribution in [0, 0.1) is 0 Å². The van der Waals surface area contributed by atoms with E-state index in [1.807, 2.05) is 0 Å². The van der Waals surface area contributed by atoms with Gasteiger partial charge in [0.1, 0.15) is 10.6 Å². The molecule has 0 aliphatic carbocycles. The summed E-state index contributed by atoms with van der Waals surface area (Å²) in [5.41, 5.74) is 5.89. The quantitative estimate of drug-likeness (QED) is 0.720. The molecular weight excluding hydrogens is 270 g/mol. The number of hydrogen-bond acceptors (Lipinski definition) is 5. The monoisotopic (exact) mass is 287 g/mol. The van der Waals surface area contributed by atoms with Gasteiger partial charge in [0.25, 0.3) is 0 Å². The van der Waals surface area contributed by atoms with Crippen molar-refractivity contribution in [1.29, 1.82) is 0 Å². The lowest BCUT2D eigenvalue weighted by Crippen LogP contribution is -2.37. The van der Waals surface area contributed by atoms with Gasteiger partial charge in [0.05, 0.1) is 13.7 Å². The van der Waals surface area contributed by atoms with Gasteiger partial charge in [-0.1, -0.05) is 0 Å². The fourth-order valence-corrected chi connectivity index (χ4v) is 2.74. The topological polar surface area (TPSA) is 102 Å². The number of nitrogens with two attached hydrogens (primary N) is 1. The second-order valence-corrected chi connectivity index (χ2v) is 5.86. The normalized spacial score (nSPS) is 11.4. The zero-order chi connectivity index (χ0) is 14.6. The van der Waals surface area contributed by atoms with E-state index >= 15 is 0 Å². The Balaban J connectivity index is 3.19. The van der Waals surface area contributed by atoms with Crippen LogP contribution in [0.5, 0.6) is 5.75 Å². The van der Waals surface area contributed by atoms with Crippen LogP contribution >= 0.6 is 0 Å². The largest absolute Gasteiger partial charge is 0.495 e. The Kier molecular flexibility index (Phi) is 4.73. The van der Waals surface area contributed by atoms with Crippen LogP contribution in [0.2, 0.25) is 0 Å². The van der Waals surface area contributed by atoms with E-state index in [1.54, 1.807) is 0 Å². The minimum atomic E-state index is -3.84. The Hall–Kier alpha value is -1.80. The van der Waals surface area contributed by atoms with Gasteiger partial charge in [-0.05, 0) is 18.2 Å². The Bertz CT molecular complexity index is 571. The summed E-state index contributed by atoms with van der Waals surface area (Å²) in [7, 11) is 0.270. The molecule has 3 N–H and O–H groups in total. The zero-order valence-electron chi connectivity index (χ0n) is 11.0. The highest BCUT2D eigenvalue weighted by Crippen LogP contribution is 2.27. The Morgan fingerprint density at radius 1 is 1.47 bits per heavy atom. The molecule has 0 heterocycles. The number of benzene rings is 1. The highest BCUT2D eigenvalue weighted by atomic mass is 32.2. The predicted octanol–water partition coefficient (Wildman–Crippen LogP) is -0.356. The summed E-state index contributed by atoms with van der Waals surface area (Å²) in [5.74, 6) is -0.230. The molecule has 0 aliphatic heterocycles. The first-order chi connectivity index (χ1) is 8.82. The molecule has 19 heavy (non-hydrogen) atoms. The summed E-state index contributed by atoms with van der Waals surface area (Å²) in [6.45, 7) is -0.281. The number of nitrogens with zero attached hydrogens (tertiary/aromatic N) is 1. The number of nitrogen functional groups attached to an aromatic ring is 1. The first kappa shape index (κ1) is 15.3. The van der Waals surface area contributed by atoms with Gasteiger partial charge in [-0.15, -0.1) is 0 Å². The van der Waals surface area contributed by atoms with E-state index in [9.17, 15) is 13.2 Å². The van der Waals surface area contributed by atoms with Crippen LogP contribution in [0.1, 0.15) is 0 Å². The van der Waals surface area contributed by atoms with E-state index < -0.39 is 15.9 Å². The summed E-state index contributed by atoms with van der Waals surface area (Å²) in [5, 5.41) is 2.36. The van der Waals surface area contributed by atoms with E-state index in [0.717, 1.165) is 4.31 Å². The van der Waals surface area contributed by atoms with Gasteiger partial charge in [0.15, 0.2) is 0 Å². The number of likely N-dealkylation sites (N-methyl/N-ethyl adjacent to an activating group) is 2. The molecule has 1 aromatic carbocycles. The Morgan fingerprint density at radius 2 is 2.11 bits per heavy atom. The van der Waals surface area contributed by atoms with E-state index in [4.69, 9.17) is 10.5 Å². The fraction of sp³-hybridized carbons (Fsp3) is 0.364. The third kappa shape index (κ3) is 3.36. The van der Waals surface area contributed by atoms with Crippen molar-refractivity contribution in [2.45, 2.75) is 4.90 Å². The average molecular weight is 287 g/mol. The van der Waals surface area contributed by atoms with E-state index in [-0.39, 0.29) is 17.2 Å². The number of rotatable bonds is 5. The van der Waals surface area contributed by atoms with Crippen molar-refractivity contribution in [3.05, 3.63) is 18.2 Å². The summed E-state index contributed by atoms with van der Waals surface area (Å²) in [4.78, 5) is 11.2. The maximum atomic E-state index is 12.3. The molecule has 0 saturated carbocycles. The number of ether oxygens (including phenoxy) is 1. The van der Waals surface area contributed by atoms with Gasteiger partial charge in [-0.3, -0.25) is 4.79 Å². The van der Waals surface area contributed by atoms with Crippen LogP contribution in [-0.4, -0.2) is 46.4 Å². The standard InChI is InChI=1S/C11H17N3O4S/c1-13-11(15)7-14(2)19(16,17)10-6-8(12)4-5-9(10)18-3/h4-6H,7,12H2,1-3H3,(H,13,15). The summed E-state index contributed by atoms with van der Waals surface area (Å²) in [6.07, 6.45) is 0. The van der Waals surface area contributed by atoms with Crippen molar-refractivity contribution in [2.75, 3.05) is 33.5 Å². The molecule has 0 bridgehead atoms.